The van der Waals surface area contributed by atoms with Crippen LogP contribution in [-0.4, -0.2) is 9.97 Å². The smallest absolute Gasteiger partial charge is 0.228 e. The van der Waals surface area contributed by atoms with Crippen LogP contribution in [0.1, 0.15) is 11.1 Å². The number of nitrogens with zero attached hydrogens (tertiary/aromatic N) is 3. The number of benzene rings is 3. The summed E-state index contributed by atoms with van der Waals surface area (Å²) in [6.45, 7) is 2.03. The van der Waals surface area contributed by atoms with E-state index in [1.807, 2.05) is 91.9 Å². The molecule has 1 aromatic heterocycles. The van der Waals surface area contributed by atoms with E-state index in [9.17, 15) is 5.26 Å². The van der Waals surface area contributed by atoms with Crippen molar-refractivity contribution in [3.8, 4) is 28.6 Å². The number of hydrogen-bond acceptors (Lipinski definition) is 4. The number of hydrogen-bond donors (Lipinski definition) is 1. The minimum absolute atomic E-state index is 0.458. The number of nitriles is 1. The third-order valence-corrected chi connectivity index (χ3v) is 4.42. The Hall–Kier alpha value is -3.97. The number of anilines is 2. The van der Waals surface area contributed by atoms with Gasteiger partial charge in [-0.25, -0.2) is 9.97 Å². The lowest BCUT2D eigenvalue weighted by Gasteiger charge is -2.13. The molecular weight excluding hydrogens is 344 g/mol. The van der Waals surface area contributed by atoms with E-state index < -0.39 is 0 Å². The zero-order chi connectivity index (χ0) is 19.3. The van der Waals surface area contributed by atoms with Gasteiger partial charge in [-0.05, 0) is 19.1 Å². The number of nitrogens with one attached hydrogen (secondary N) is 1. The number of para-hydroxylation sites is 1. The van der Waals surface area contributed by atoms with Gasteiger partial charge in [-0.2, -0.15) is 5.26 Å². The van der Waals surface area contributed by atoms with Gasteiger partial charge < -0.3 is 5.32 Å². The minimum Gasteiger partial charge on any atom is -0.324 e. The Morgan fingerprint density at radius 2 is 1.25 bits per heavy atom. The lowest BCUT2D eigenvalue weighted by molar-refractivity contribution is 1.16. The van der Waals surface area contributed by atoms with E-state index in [1.165, 1.54) is 0 Å². The SMILES string of the molecule is Cc1ccc(-c2nc(Nc3ccccc3)nc(-c3ccccc3)c2C#N)cc1. The third-order valence-electron chi connectivity index (χ3n) is 4.42. The highest BCUT2D eigenvalue weighted by Crippen LogP contribution is 2.31. The second kappa shape index (κ2) is 7.73. The lowest BCUT2D eigenvalue weighted by Crippen LogP contribution is -2.04. The van der Waals surface area contributed by atoms with Gasteiger partial charge in [0.2, 0.25) is 5.95 Å². The quantitative estimate of drug-likeness (QED) is 0.503. The van der Waals surface area contributed by atoms with Gasteiger partial charge in [-0.3, -0.25) is 0 Å². The summed E-state index contributed by atoms with van der Waals surface area (Å²) >= 11 is 0. The van der Waals surface area contributed by atoms with E-state index in [2.05, 4.69) is 21.4 Å². The Balaban J connectivity index is 1.92. The highest BCUT2D eigenvalue weighted by atomic mass is 15.1. The van der Waals surface area contributed by atoms with E-state index in [1.54, 1.807) is 0 Å². The summed E-state index contributed by atoms with van der Waals surface area (Å²) in [6.07, 6.45) is 0. The molecule has 0 bridgehead atoms. The first-order valence-corrected chi connectivity index (χ1v) is 9.01. The molecule has 4 nitrogen and oxygen atoms in total. The van der Waals surface area contributed by atoms with Crippen LogP contribution in [0.5, 0.6) is 0 Å². The first-order chi connectivity index (χ1) is 13.7. The monoisotopic (exact) mass is 362 g/mol. The van der Waals surface area contributed by atoms with Gasteiger partial charge in [0.25, 0.3) is 0 Å². The van der Waals surface area contributed by atoms with E-state index in [-0.39, 0.29) is 0 Å². The molecule has 0 fully saturated rings. The third kappa shape index (κ3) is 3.60. The molecule has 0 saturated heterocycles. The Labute approximate surface area is 164 Å². The molecule has 0 radical (unpaired) electrons. The summed E-state index contributed by atoms with van der Waals surface area (Å²) in [7, 11) is 0. The molecule has 0 aliphatic heterocycles. The molecule has 1 N–H and O–H groups in total. The fraction of sp³-hybridized carbons (Fsp3) is 0.0417. The predicted octanol–water partition coefficient (Wildman–Crippen LogP) is 5.73. The number of aromatic nitrogens is 2. The van der Waals surface area contributed by atoms with Gasteiger partial charge in [-0.15, -0.1) is 0 Å². The molecule has 28 heavy (non-hydrogen) atoms. The van der Waals surface area contributed by atoms with Crippen molar-refractivity contribution >= 4 is 11.6 Å². The summed E-state index contributed by atoms with van der Waals surface area (Å²) in [6, 6.07) is 29.8. The van der Waals surface area contributed by atoms with E-state index in [0.717, 1.165) is 22.4 Å². The first-order valence-electron chi connectivity index (χ1n) is 9.01. The van der Waals surface area contributed by atoms with Crippen LogP contribution >= 0.6 is 0 Å². The van der Waals surface area contributed by atoms with Crippen LogP contribution in [0.2, 0.25) is 0 Å². The zero-order valence-corrected chi connectivity index (χ0v) is 15.4. The van der Waals surface area contributed by atoms with Gasteiger partial charge in [0.05, 0.1) is 11.4 Å². The van der Waals surface area contributed by atoms with Crippen LogP contribution < -0.4 is 5.32 Å². The van der Waals surface area contributed by atoms with Crippen molar-refractivity contribution in [2.45, 2.75) is 6.92 Å². The maximum atomic E-state index is 9.91. The largest absolute Gasteiger partial charge is 0.324 e. The van der Waals surface area contributed by atoms with Crippen LogP contribution in [0.25, 0.3) is 22.5 Å². The van der Waals surface area contributed by atoms with Crippen LogP contribution in [0.4, 0.5) is 11.6 Å². The van der Waals surface area contributed by atoms with Crippen molar-refractivity contribution in [2.75, 3.05) is 5.32 Å². The van der Waals surface area contributed by atoms with Gasteiger partial charge in [0.15, 0.2) is 0 Å². The Bertz CT molecular complexity index is 1130. The van der Waals surface area contributed by atoms with Gasteiger partial charge in [0, 0.05) is 16.8 Å². The van der Waals surface area contributed by atoms with Gasteiger partial charge >= 0.3 is 0 Å². The summed E-state index contributed by atoms with van der Waals surface area (Å²) in [5.74, 6) is 0.458. The molecule has 4 aromatic rings. The average molecular weight is 362 g/mol. The molecule has 0 spiro atoms. The summed E-state index contributed by atoms with van der Waals surface area (Å²) in [5.41, 5.74) is 5.52. The summed E-state index contributed by atoms with van der Waals surface area (Å²) in [5, 5.41) is 13.2. The molecule has 1 heterocycles. The second-order valence-corrected chi connectivity index (χ2v) is 6.45. The molecule has 0 aliphatic carbocycles. The van der Waals surface area contributed by atoms with Crippen LogP contribution in [0.3, 0.4) is 0 Å². The normalized spacial score (nSPS) is 10.3. The van der Waals surface area contributed by atoms with E-state index in [0.29, 0.717) is 22.9 Å². The topological polar surface area (TPSA) is 61.6 Å². The van der Waals surface area contributed by atoms with Crippen molar-refractivity contribution in [3.05, 3.63) is 96.1 Å². The fourth-order valence-electron chi connectivity index (χ4n) is 3.00. The standard InChI is InChI=1S/C24H18N4/c1-17-12-14-19(15-13-17)23-21(16-25)22(18-8-4-2-5-9-18)27-24(28-23)26-20-10-6-3-7-11-20/h2-15H,1H3,(H,26,27,28). The first kappa shape index (κ1) is 17.4. The van der Waals surface area contributed by atoms with Crippen molar-refractivity contribution in [1.82, 2.24) is 9.97 Å². The van der Waals surface area contributed by atoms with E-state index in [4.69, 9.17) is 0 Å². The molecule has 0 unspecified atom stereocenters. The Morgan fingerprint density at radius 3 is 1.82 bits per heavy atom. The van der Waals surface area contributed by atoms with Crippen LogP contribution in [0, 0.1) is 18.3 Å². The zero-order valence-electron chi connectivity index (χ0n) is 15.4. The summed E-state index contributed by atoms with van der Waals surface area (Å²) < 4.78 is 0. The molecular formula is C24H18N4. The highest BCUT2D eigenvalue weighted by molar-refractivity contribution is 5.79. The minimum atomic E-state index is 0.458. The average Bonchev–Trinajstić information content (AvgIpc) is 2.75. The fourth-order valence-corrected chi connectivity index (χ4v) is 3.00. The van der Waals surface area contributed by atoms with E-state index >= 15 is 0 Å². The Morgan fingerprint density at radius 1 is 0.714 bits per heavy atom. The van der Waals surface area contributed by atoms with Crippen LogP contribution in [-0.2, 0) is 0 Å². The van der Waals surface area contributed by atoms with Crippen LogP contribution in [0.15, 0.2) is 84.9 Å². The maximum absolute atomic E-state index is 9.91. The molecule has 3 aromatic carbocycles. The van der Waals surface area contributed by atoms with Crippen molar-refractivity contribution in [3.63, 3.8) is 0 Å². The van der Waals surface area contributed by atoms with Crippen molar-refractivity contribution in [2.24, 2.45) is 0 Å². The second-order valence-electron chi connectivity index (χ2n) is 6.45. The molecule has 0 aliphatic rings. The molecule has 0 saturated carbocycles. The summed E-state index contributed by atoms with van der Waals surface area (Å²) in [4.78, 5) is 9.35. The number of aryl methyl sites for hydroxylation is 1. The lowest BCUT2D eigenvalue weighted by atomic mass is 10.0. The number of rotatable bonds is 4. The van der Waals surface area contributed by atoms with Crippen molar-refractivity contribution in [1.29, 1.82) is 5.26 Å². The molecule has 0 amide bonds. The molecule has 4 rings (SSSR count). The highest BCUT2D eigenvalue weighted by Gasteiger charge is 2.17. The molecule has 4 heteroatoms. The molecule has 0 atom stereocenters. The van der Waals surface area contributed by atoms with Crippen molar-refractivity contribution < 1.29 is 0 Å². The van der Waals surface area contributed by atoms with Gasteiger partial charge in [0.1, 0.15) is 11.6 Å². The Kier molecular flexibility index (Phi) is 4.81. The van der Waals surface area contributed by atoms with Gasteiger partial charge in [-0.1, -0.05) is 78.4 Å². The predicted molar refractivity (Wildman–Crippen MR) is 112 cm³/mol. The maximum Gasteiger partial charge on any atom is 0.228 e. The molecule has 134 valence electrons.